The Morgan fingerprint density at radius 2 is 1.33 bits per heavy atom. The van der Waals surface area contributed by atoms with Crippen molar-refractivity contribution in [2.75, 3.05) is 6.54 Å². The van der Waals surface area contributed by atoms with Crippen molar-refractivity contribution in [3.63, 3.8) is 0 Å². The van der Waals surface area contributed by atoms with Crippen LogP contribution in [-0.2, 0) is 13.1 Å². The first kappa shape index (κ1) is 26.9. The van der Waals surface area contributed by atoms with Gasteiger partial charge in [0.2, 0.25) is 0 Å². The number of fused-ring (bicyclic) bond motifs is 1. The second kappa shape index (κ2) is 15.5. The lowest BCUT2D eigenvalue weighted by atomic mass is 9.93. The van der Waals surface area contributed by atoms with Gasteiger partial charge in [-0.05, 0) is 52.6 Å². The van der Waals surface area contributed by atoms with E-state index in [-0.39, 0.29) is 0 Å². The number of phenolic OH excluding ortho intramolecular Hbond substituents is 1. The molecular weight excluding hydrogens is 402 g/mol. The Labute approximate surface area is 202 Å². The lowest BCUT2D eigenvalue weighted by molar-refractivity contribution is 0.271. The molecular formula is C31H45NO. The number of benzene rings is 3. The van der Waals surface area contributed by atoms with Gasteiger partial charge in [-0.1, -0.05) is 121 Å². The molecule has 33 heavy (non-hydrogen) atoms. The van der Waals surface area contributed by atoms with E-state index in [1.807, 2.05) is 26.0 Å². The first-order valence-corrected chi connectivity index (χ1v) is 13.1. The zero-order valence-corrected chi connectivity index (χ0v) is 21.4. The molecule has 2 heteroatoms. The number of aromatic hydroxyl groups is 1. The average Bonchev–Trinajstić information content (AvgIpc) is 2.83. The summed E-state index contributed by atoms with van der Waals surface area (Å²) in [6.07, 6.45) is 10.4. The first-order valence-electron chi connectivity index (χ1n) is 13.1. The number of nitrogens with zero attached hydrogens (tertiary/aromatic N) is 1. The molecule has 1 N–H and O–H groups in total. The third kappa shape index (κ3) is 10.0. The SMILES string of the molecule is CC.CC1CCCCCCC1.CCN(Cc1cccc(O)c1)Cc1ccc2ccccc2c1. The van der Waals surface area contributed by atoms with Crippen LogP contribution in [-0.4, -0.2) is 16.6 Å². The quantitative estimate of drug-likeness (QED) is 0.422. The summed E-state index contributed by atoms with van der Waals surface area (Å²) in [6, 6.07) is 22.6. The summed E-state index contributed by atoms with van der Waals surface area (Å²) in [5.74, 6) is 1.35. The molecule has 0 bridgehead atoms. The molecule has 180 valence electrons. The normalized spacial score (nSPS) is 14.5. The predicted molar refractivity (Wildman–Crippen MR) is 145 cm³/mol. The fraction of sp³-hybridized carbons (Fsp3) is 0.484. The lowest BCUT2D eigenvalue weighted by Gasteiger charge is -2.21. The van der Waals surface area contributed by atoms with E-state index in [1.54, 1.807) is 6.07 Å². The molecule has 1 aliphatic carbocycles. The Morgan fingerprint density at radius 3 is 1.97 bits per heavy atom. The molecule has 0 radical (unpaired) electrons. The van der Waals surface area contributed by atoms with E-state index in [4.69, 9.17) is 0 Å². The third-order valence-electron chi connectivity index (χ3n) is 6.38. The van der Waals surface area contributed by atoms with Crippen LogP contribution in [0.3, 0.4) is 0 Å². The van der Waals surface area contributed by atoms with Crippen molar-refractivity contribution in [1.82, 2.24) is 4.90 Å². The lowest BCUT2D eigenvalue weighted by Crippen LogP contribution is -2.22. The Bertz CT molecular complexity index is 911. The van der Waals surface area contributed by atoms with Crippen LogP contribution in [0.1, 0.15) is 83.8 Å². The Morgan fingerprint density at radius 1 is 0.727 bits per heavy atom. The number of hydrogen-bond acceptors (Lipinski definition) is 2. The zero-order valence-electron chi connectivity index (χ0n) is 21.4. The van der Waals surface area contributed by atoms with Gasteiger partial charge >= 0.3 is 0 Å². The van der Waals surface area contributed by atoms with Crippen molar-refractivity contribution < 1.29 is 5.11 Å². The van der Waals surface area contributed by atoms with E-state index in [0.29, 0.717) is 5.75 Å². The molecule has 3 aromatic rings. The molecule has 1 fully saturated rings. The standard InChI is InChI=1S/C20H21NO.C9H18.C2H6/c1-2-21(14-16-6-5-9-20(22)13-16)15-17-10-11-18-7-3-4-8-19(18)12-17;1-9-7-5-3-2-4-6-8-9;1-2/h3-13,22H,2,14-15H2,1H3;9H,2-8H2,1H3;1-2H3. The predicted octanol–water partition coefficient (Wildman–Crippen LogP) is 8.96. The van der Waals surface area contributed by atoms with Gasteiger partial charge in [0.1, 0.15) is 5.75 Å². The van der Waals surface area contributed by atoms with Gasteiger partial charge in [0.15, 0.2) is 0 Å². The summed E-state index contributed by atoms with van der Waals surface area (Å²) < 4.78 is 0. The van der Waals surface area contributed by atoms with Crippen molar-refractivity contribution in [1.29, 1.82) is 0 Å². The van der Waals surface area contributed by atoms with E-state index in [0.717, 1.165) is 31.1 Å². The summed E-state index contributed by atoms with van der Waals surface area (Å²) in [4.78, 5) is 2.37. The van der Waals surface area contributed by atoms with Gasteiger partial charge in [0.25, 0.3) is 0 Å². The molecule has 0 atom stereocenters. The Kier molecular flexibility index (Phi) is 12.7. The highest BCUT2D eigenvalue weighted by Crippen LogP contribution is 2.21. The van der Waals surface area contributed by atoms with Crippen LogP contribution in [0, 0.1) is 5.92 Å². The van der Waals surface area contributed by atoms with Crippen LogP contribution in [0.25, 0.3) is 10.8 Å². The highest BCUT2D eigenvalue weighted by Gasteiger charge is 2.07. The summed E-state index contributed by atoms with van der Waals surface area (Å²) in [5.41, 5.74) is 2.46. The van der Waals surface area contributed by atoms with E-state index < -0.39 is 0 Å². The van der Waals surface area contributed by atoms with Gasteiger partial charge in [0, 0.05) is 13.1 Å². The van der Waals surface area contributed by atoms with Crippen LogP contribution in [0.4, 0.5) is 0 Å². The zero-order chi connectivity index (χ0) is 23.9. The van der Waals surface area contributed by atoms with Crippen molar-refractivity contribution >= 4 is 10.8 Å². The van der Waals surface area contributed by atoms with Gasteiger partial charge in [-0.2, -0.15) is 0 Å². The molecule has 0 heterocycles. The van der Waals surface area contributed by atoms with Crippen LogP contribution in [0.15, 0.2) is 66.7 Å². The topological polar surface area (TPSA) is 23.5 Å². The maximum Gasteiger partial charge on any atom is 0.115 e. The van der Waals surface area contributed by atoms with Crippen molar-refractivity contribution in [2.24, 2.45) is 5.92 Å². The highest BCUT2D eigenvalue weighted by molar-refractivity contribution is 5.82. The molecule has 0 spiro atoms. The number of rotatable bonds is 5. The number of phenols is 1. The van der Waals surface area contributed by atoms with Crippen molar-refractivity contribution in [2.45, 2.75) is 85.7 Å². The first-order chi connectivity index (χ1) is 16.1. The van der Waals surface area contributed by atoms with Gasteiger partial charge < -0.3 is 5.11 Å². The van der Waals surface area contributed by atoms with E-state index >= 15 is 0 Å². The minimum atomic E-state index is 0.333. The van der Waals surface area contributed by atoms with Gasteiger partial charge in [-0.3, -0.25) is 4.90 Å². The maximum absolute atomic E-state index is 9.59. The largest absolute Gasteiger partial charge is 0.508 e. The summed E-state index contributed by atoms with van der Waals surface area (Å²) in [5, 5.41) is 12.2. The highest BCUT2D eigenvalue weighted by atomic mass is 16.3. The van der Waals surface area contributed by atoms with Crippen LogP contribution in [0.5, 0.6) is 5.75 Å². The van der Waals surface area contributed by atoms with E-state index in [2.05, 4.69) is 67.3 Å². The molecule has 1 aliphatic rings. The Hall–Kier alpha value is -2.32. The second-order valence-corrected chi connectivity index (χ2v) is 9.10. The average molecular weight is 448 g/mol. The second-order valence-electron chi connectivity index (χ2n) is 9.10. The molecule has 0 aromatic heterocycles. The molecule has 1 saturated carbocycles. The van der Waals surface area contributed by atoms with Gasteiger partial charge in [-0.25, -0.2) is 0 Å². The van der Waals surface area contributed by atoms with Crippen LogP contribution in [0.2, 0.25) is 0 Å². The fourth-order valence-electron chi connectivity index (χ4n) is 4.45. The molecule has 3 aromatic carbocycles. The molecule has 0 aliphatic heterocycles. The molecule has 4 rings (SSSR count). The minimum Gasteiger partial charge on any atom is -0.508 e. The summed E-state index contributed by atoms with van der Waals surface area (Å²) in [7, 11) is 0. The molecule has 0 unspecified atom stereocenters. The van der Waals surface area contributed by atoms with Crippen LogP contribution >= 0.6 is 0 Å². The monoisotopic (exact) mass is 447 g/mol. The molecule has 0 amide bonds. The summed E-state index contributed by atoms with van der Waals surface area (Å²) >= 11 is 0. The van der Waals surface area contributed by atoms with Crippen LogP contribution < -0.4 is 0 Å². The van der Waals surface area contributed by atoms with Crippen molar-refractivity contribution in [3.05, 3.63) is 77.9 Å². The fourth-order valence-corrected chi connectivity index (χ4v) is 4.45. The molecule has 0 saturated heterocycles. The molecule has 2 nitrogen and oxygen atoms in total. The van der Waals surface area contributed by atoms with E-state index in [9.17, 15) is 5.11 Å². The Balaban J connectivity index is 0.000000293. The van der Waals surface area contributed by atoms with Crippen molar-refractivity contribution in [3.8, 4) is 5.75 Å². The maximum atomic E-state index is 9.59. The smallest absolute Gasteiger partial charge is 0.115 e. The number of hydrogen-bond donors (Lipinski definition) is 1. The van der Waals surface area contributed by atoms with E-state index in [1.165, 1.54) is 61.3 Å². The van der Waals surface area contributed by atoms with Gasteiger partial charge in [-0.15, -0.1) is 0 Å². The minimum absolute atomic E-state index is 0.333. The summed E-state index contributed by atoms with van der Waals surface area (Å²) in [6.45, 7) is 11.3. The van der Waals surface area contributed by atoms with Gasteiger partial charge in [0.05, 0.1) is 0 Å². The third-order valence-corrected chi connectivity index (χ3v) is 6.38.